The third-order valence-electron chi connectivity index (χ3n) is 4.28. The molecule has 1 aromatic carbocycles. The number of halogens is 3. The van der Waals surface area contributed by atoms with Crippen LogP contribution in [0.2, 0.25) is 10.0 Å². The normalized spacial score (nSPS) is 17.6. The lowest BCUT2D eigenvalue weighted by Gasteiger charge is -2.35. The van der Waals surface area contributed by atoms with Crippen molar-refractivity contribution >= 4 is 35.2 Å². The van der Waals surface area contributed by atoms with Crippen molar-refractivity contribution in [3.63, 3.8) is 0 Å². The molecule has 0 radical (unpaired) electrons. The smallest absolute Gasteiger partial charge is 0.410 e. The molecule has 0 bridgehead atoms. The highest BCUT2D eigenvalue weighted by Gasteiger charge is 2.29. The Morgan fingerprint density at radius 2 is 1.96 bits per heavy atom. The minimum atomic E-state index is -0.678. The van der Waals surface area contributed by atoms with Gasteiger partial charge in [0.15, 0.2) is 0 Å². The van der Waals surface area contributed by atoms with Gasteiger partial charge < -0.3 is 14.5 Å². The molecule has 1 aromatic rings. The van der Waals surface area contributed by atoms with Gasteiger partial charge in [-0.2, -0.15) is 0 Å². The van der Waals surface area contributed by atoms with Crippen LogP contribution in [0.25, 0.3) is 0 Å². The van der Waals surface area contributed by atoms with Crippen LogP contribution in [0, 0.1) is 11.7 Å². The lowest BCUT2D eigenvalue weighted by Crippen LogP contribution is -2.45. The van der Waals surface area contributed by atoms with Gasteiger partial charge in [0.1, 0.15) is 11.4 Å². The van der Waals surface area contributed by atoms with Gasteiger partial charge in [-0.25, -0.2) is 9.18 Å². The molecule has 150 valence electrons. The lowest BCUT2D eigenvalue weighted by molar-refractivity contribution is 0.0244. The predicted molar refractivity (Wildman–Crippen MR) is 104 cm³/mol. The fraction of sp³-hybridized carbons (Fsp3) is 0.579. The number of hydrogen-bond acceptors (Lipinski definition) is 3. The third kappa shape index (κ3) is 5.98. The second-order valence-electron chi connectivity index (χ2n) is 7.87. The van der Waals surface area contributed by atoms with Crippen molar-refractivity contribution in [2.75, 3.05) is 26.7 Å². The van der Waals surface area contributed by atoms with Crippen LogP contribution in [-0.4, -0.2) is 54.1 Å². The van der Waals surface area contributed by atoms with Crippen LogP contribution in [0.4, 0.5) is 9.18 Å². The Bertz CT molecular complexity index is 722. The van der Waals surface area contributed by atoms with Crippen LogP contribution in [0.3, 0.4) is 0 Å². The van der Waals surface area contributed by atoms with E-state index >= 15 is 0 Å². The number of carbonyl (C=O) groups excluding carboxylic acids is 2. The fourth-order valence-electron chi connectivity index (χ4n) is 3.06. The molecule has 27 heavy (non-hydrogen) atoms. The molecule has 1 saturated heterocycles. The summed E-state index contributed by atoms with van der Waals surface area (Å²) in [5, 5.41) is 0.00597. The topological polar surface area (TPSA) is 49.9 Å². The fourth-order valence-corrected chi connectivity index (χ4v) is 3.52. The first kappa shape index (κ1) is 21.8. The summed E-state index contributed by atoms with van der Waals surface area (Å²) in [7, 11) is 1.68. The predicted octanol–water partition coefficient (Wildman–Crippen LogP) is 4.85. The Balaban J connectivity index is 2.02. The molecule has 0 aromatic heterocycles. The zero-order valence-electron chi connectivity index (χ0n) is 16.0. The Kier molecular flexibility index (Phi) is 6.98. The van der Waals surface area contributed by atoms with Gasteiger partial charge in [-0.1, -0.05) is 23.2 Å². The molecule has 1 heterocycles. The van der Waals surface area contributed by atoms with Gasteiger partial charge in [0.2, 0.25) is 0 Å². The zero-order chi connectivity index (χ0) is 20.4. The molecule has 2 rings (SSSR count). The first-order valence-corrected chi connectivity index (χ1v) is 9.61. The molecule has 1 unspecified atom stereocenters. The van der Waals surface area contributed by atoms with Crippen molar-refractivity contribution in [3.05, 3.63) is 33.6 Å². The van der Waals surface area contributed by atoms with Crippen LogP contribution in [-0.2, 0) is 4.74 Å². The first-order valence-electron chi connectivity index (χ1n) is 8.86. The molecule has 0 spiro atoms. The Labute approximate surface area is 169 Å². The van der Waals surface area contributed by atoms with Crippen LogP contribution in [0.5, 0.6) is 0 Å². The van der Waals surface area contributed by atoms with Crippen LogP contribution < -0.4 is 0 Å². The van der Waals surface area contributed by atoms with Gasteiger partial charge in [0.25, 0.3) is 5.91 Å². The SMILES string of the molecule is CN(CC1CCCN(C(=O)c2cc(F)c(Cl)cc2Cl)C1)C(=O)OC(C)(C)C. The average Bonchev–Trinajstić information content (AvgIpc) is 2.56. The van der Waals surface area contributed by atoms with Gasteiger partial charge in [-0.3, -0.25) is 4.79 Å². The van der Waals surface area contributed by atoms with Gasteiger partial charge >= 0.3 is 6.09 Å². The monoisotopic (exact) mass is 418 g/mol. The van der Waals surface area contributed by atoms with E-state index in [0.29, 0.717) is 19.6 Å². The molecule has 1 fully saturated rings. The maximum atomic E-state index is 13.7. The van der Waals surface area contributed by atoms with E-state index in [9.17, 15) is 14.0 Å². The van der Waals surface area contributed by atoms with Crippen molar-refractivity contribution < 1.29 is 18.7 Å². The number of nitrogens with zero attached hydrogens (tertiary/aromatic N) is 2. The largest absolute Gasteiger partial charge is 0.444 e. The molecule has 5 nitrogen and oxygen atoms in total. The van der Waals surface area contributed by atoms with E-state index in [1.54, 1.807) is 11.9 Å². The standard InChI is InChI=1S/C19H25Cl2FN2O3/c1-19(2,3)27-18(26)23(4)10-12-6-5-7-24(11-12)17(25)13-8-16(22)15(21)9-14(13)20/h8-9,12H,5-7,10-11H2,1-4H3. The Morgan fingerprint density at radius 3 is 2.59 bits per heavy atom. The number of rotatable bonds is 3. The summed E-state index contributed by atoms with van der Waals surface area (Å²) >= 11 is 11.8. The lowest BCUT2D eigenvalue weighted by atomic mass is 9.97. The molecule has 0 saturated carbocycles. The number of benzene rings is 1. The van der Waals surface area contributed by atoms with E-state index in [1.807, 2.05) is 20.8 Å². The molecular formula is C19H25Cl2FN2O3. The van der Waals surface area contributed by atoms with Crippen molar-refractivity contribution in [3.8, 4) is 0 Å². The highest BCUT2D eigenvalue weighted by Crippen LogP contribution is 2.27. The number of likely N-dealkylation sites (tertiary alicyclic amines) is 1. The summed E-state index contributed by atoms with van der Waals surface area (Å²) < 4.78 is 19.1. The van der Waals surface area contributed by atoms with E-state index in [4.69, 9.17) is 27.9 Å². The summed E-state index contributed by atoms with van der Waals surface area (Å²) in [6.45, 7) is 6.94. The van der Waals surface area contributed by atoms with Gasteiger partial charge in [-0.05, 0) is 51.7 Å². The summed E-state index contributed by atoms with van der Waals surface area (Å²) in [5.74, 6) is -0.904. The molecule has 0 aliphatic carbocycles. The van der Waals surface area contributed by atoms with Gasteiger partial charge in [0, 0.05) is 26.7 Å². The number of piperidine rings is 1. The first-order chi connectivity index (χ1) is 12.5. The second-order valence-corrected chi connectivity index (χ2v) is 8.68. The van der Waals surface area contributed by atoms with Crippen LogP contribution in [0.1, 0.15) is 44.0 Å². The van der Waals surface area contributed by atoms with E-state index in [-0.39, 0.29) is 27.4 Å². The van der Waals surface area contributed by atoms with Gasteiger partial charge in [0.05, 0.1) is 15.6 Å². The van der Waals surface area contributed by atoms with E-state index in [2.05, 4.69) is 0 Å². The maximum absolute atomic E-state index is 13.7. The minimum absolute atomic E-state index is 0.0970. The quantitative estimate of drug-likeness (QED) is 0.658. The van der Waals surface area contributed by atoms with E-state index in [0.717, 1.165) is 18.9 Å². The highest BCUT2D eigenvalue weighted by molar-refractivity contribution is 6.36. The summed E-state index contributed by atoms with van der Waals surface area (Å²) in [6.07, 6.45) is 1.29. The minimum Gasteiger partial charge on any atom is -0.444 e. The molecule has 1 atom stereocenters. The van der Waals surface area contributed by atoms with Crippen LogP contribution >= 0.6 is 23.2 Å². The summed E-state index contributed by atoms with van der Waals surface area (Å²) in [5.41, 5.74) is -0.463. The van der Waals surface area contributed by atoms with E-state index in [1.165, 1.54) is 11.0 Å². The highest BCUT2D eigenvalue weighted by atomic mass is 35.5. The Morgan fingerprint density at radius 1 is 1.30 bits per heavy atom. The van der Waals surface area contributed by atoms with Crippen molar-refractivity contribution in [1.82, 2.24) is 9.80 Å². The van der Waals surface area contributed by atoms with Crippen LogP contribution in [0.15, 0.2) is 12.1 Å². The molecule has 0 N–H and O–H groups in total. The maximum Gasteiger partial charge on any atom is 0.410 e. The molecular weight excluding hydrogens is 394 g/mol. The summed E-state index contributed by atoms with van der Waals surface area (Å²) in [6, 6.07) is 2.31. The molecule has 1 aliphatic rings. The summed E-state index contributed by atoms with van der Waals surface area (Å²) in [4.78, 5) is 28.1. The molecule has 8 heteroatoms. The number of hydrogen-bond donors (Lipinski definition) is 0. The average molecular weight is 419 g/mol. The number of amides is 2. The zero-order valence-corrected chi connectivity index (χ0v) is 17.5. The van der Waals surface area contributed by atoms with Crippen molar-refractivity contribution in [1.29, 1.82) is 0 Å². The number of carbonyl (C=O) groups is 2. The number of ether oxygens (including phenoxy) is 1. The van der Waals surface area contributed by atoms with Crippen molar-refractivity contribution in [2.24, 2.45) is 5.92 Å². The van der Waals surface area contributed by atoms with Gasteiger partial charge in [-0.15, -0.1) is 0 Å². The van der Waals surface area contributed by atoms with Crippen molar-refractivity contribution in [2.45, 2.75) is 39.2 Å². The third-order valence-corrected chi connectivity index (χ3v) is 4.89. The Hall–Kier alpha value is -1.53. The van der Waals surface area contributed by atoms with E-state index < -0.39 is 17.5 Å². The molecule has 2 amide bonds. The second kappa shape index (κ2) is 8.65. The molecule has 1 aliphatic heterocycles.